The highest BCUT2D eigenvalue weighted by Gasteiger charge is 2.04. The molecular weight excluding hydrogens is 238 g/mol. The molecule has 0 saturated carbocycles. The first-order chi connectivity index (χ1) is 8.24. The van der Waals surface area contributed by atoms with E-state index in [1.54, 1.807) is 31.5 Å². The first kappa shape index (κ1) is 11.6. The van der Waals surface area contributed by atoms with E-state index in [0.29, 0.717) is 16.5 Å². The van der Waals surface area contributed by atoms with E-state index >= 15 is 0 Å². The van der Waals surface area contributed by atoms with E-state index in [-0.39, 0.29) is 0 Å². The lowest BCUT2D eigenvalue weighted by Crippen LogP contribution is -1.89. The molecule has 86 valence electrons. The van der Waals surface area contributed by atoms with Crippen LogP contribution in [-0.2, 0) is 0 Å². The molecule has 2 aromatic rings. The third kappa shape index (κ3) is 2.45. The fourth-order valence-corrected chi connectivity index (χ4v) is 1.68. The van der Waals surface area contributed by atoms with Gasteiger partial charge in [0.1, 0.15) is 0 Å². The van der Waals surface area contributed by atoms with Crippen molar-refractivity contribution in [1.29, 1.82) is 0 Å². The Labute approximate surface area is 104 Å². The summed E-state index contributed by atoms with van der Waals surface area (Å²) in [6.45, 7) is 0. The highest BCUT2D eigenvalue weighted by atomic mass is 35.5. The number of halogens is 1. The second-order valence-electron chi connectivity index (χ2n) is 3.44. The topological polar surface area (TPSA) is 39.2 Å². The van der Waals surface area contributed by atoms with Gasteiger partial charge in [-0.3, -0.25) is 4.79 Å². The zero-order valence-corrected chi connectivity index (χ0v) is 9.94. The third-order valence-corrected chi connectivity index (χ3v) is 2.74. The third-order valence-electron chi connectivity index (χ3n) is 2.40. The quantitative estimate of drug-likeness (QED) is 0.782. The number of nitrogens with zero attached hydrogens (tertiary/aromatic N) is 1. The van der Waals surface area contributed by atoms with Crippen LogP contribution in [0.1, 0.15) is 10.4 Å². The molecule has 0 bridgehead atoms. The minimum Gasteiger partial charge on any atom is -0.481 e. The maximum absolute atomic E-state index is 10.8. The number of benzene rings is 1. The Morgan fingerprint density at radius 1 is 1.24 bits per heavy atom. The summed E-state index contributed by atoms with van der Waals surface area (Å²) in [5, 5.41) is 0.449. The molecule has 0 fully saturated rings. The number of ether oxygens (including phenoxy) is 1. The van der Waals surface area contributed by atoms with Crippen LogP contribution in [-0.4, -0.2) is 18.4 Å². The summed E-state index contributed by atoms with van der Waals surface area (Å²) >= 11 is 5.87. The lowest BCUT2D eigenvalue weighted by atomic mass is 10.0. The summed E-state index contributed by atoms with van der Waals surface area (Å²) < 4.78 is 5.05. The minimum atomic E-state index is 0.449. The van der Waals surface area contributed by atoms with Crippen molar-refractivity contribution < 1.29 is 9.53 Å². The Morgan fingerprint density at radius 3 is 2.71 bits per heavy atom. The van der Waals surface area contributed by atoms with Crippen molar-refractivity contribution in [1.82, 2.24) is 4.98 Å². The van der Waals surface area contributed by atoms with E-state index in [1.165, 1.54) is 0 Å². The lowest BCUT2D eigenvalue weighted by Gasteiger charge is -2.05. The van der Waals surface area contributed by atoms with Gasteiger partial charge < -0.3 is 4.74 Å². The molecule has 0 unspecified atom stereocenters. The SMILES string of the molecule is COc1cc(-c2ccc(Cl)c(C=O)c2)ccn1. The van der Waals surface area contributed by atoms with Crippen LogP contribution >= 0.6 is 11.6 Å². The van der Waals surface area contributed by atoms with Gasteiger partial charge in [-0.05, 0) is 29.3 Å². The Hall–Kier alpha value is -1.87. The van der Waals surface area contributed by atoms with Gasteiger partial charge in [0.2, 0.25) is 5.88 Å². The second-order valence-corrected chi connectivity index (χ2v) is 3.85. The maximum Gasteiger partial charge on any atom is 0.213 e. The highest BCUT2D eigenvalue weighted by Crippen LogP contribution is 2.25. The van der Waals surface area contributed by atoms with Crippen molar-refractivity contribution in [2.24, 2.45) is 0 Å². The summed E-state index contributed by atoms with van der Waals surface area (Å²) in [5.74, 6) is 0.533. The van der Waals surface area contributed by atoms with Gasteiger partial charge in [0.15, 0.2) is 6.29 Å². The number of hydrogen-bond acceptors (Lipinski definition) is 3. The first-order valence-corrected chi connectivity index (χ1v) is 5.37. The molecule has 0 atom stereocenters. The fourth-order valence-electron chi connectivity index (χ4n) is 1.51. The van der Waals surface area contributed by atoms with E-state index in [2.05, 4.69) is 4.98 Å². The summed E-state index contributed by atoms with van der Waals surface area (Å²) in [6.07, 6.45) is 2.40. The molecule has 0 aliphatic carbocycles. The average Bonchev–Trinajstić information content (AvgIpc) is 2.39. The van der Waals surface area contributed by atoms with Crippen molar-refractivity contribution in [2.75, 3.05) is 7.11 Å². The van der Waals surface area contributed by atoms with Crippen LogP contribution in [0.15, 0.2) is 36.5 Å². The molecule has 0 aliphatic heterocycles. The summed E-state index contributed by atoms with van der Waals surface area (Å²) in [5.41, 5.74) is 2.30. The molecule has 3 nitrogen and oxygen atoms in total. The largest absolute Gasteiger partial charge is 0.481 e. The van der Waals surface area contributed by atoms with Crippen LogP contribution < -0.4 is 4.74 Å². The summed E-state index contributed by atoms with van der Waals surface area (Å²) in [4.78, 5) is 14.8. The number of carbonyl (C=O) groups is 1. The molecule has 1 aromatic carbocycles. The average molecular weight is 248 g/mol. The first-order valence-electron chi connectivity index (χ1n) is 4.99. The minimum absolute atomic E-state index is 0.449. The van der Waals surface area contributed by atoms with Gasteiger partial charge in [0, 0.05) is 17.8 Å². The second kappa shape index (κ2) is 4.97. The van der Waals surface area contributed by atoms with Gasteiger partial charge in [-0.1, -0.05) is 17.7 Å². The number of rotatable bonds is 3. The van der Waals surface area contributed by atoms with Crippen LogP contribution in [0.3, 0.4) is 0 Å². The number of pyridine rings is 1. The Bertz CT molecular complexity index is 555. The van der Waals surface area contributed by atoms with E-state index in [0.717, 1.165) is 17.4 Å². The number of aromatic nitrogens is 1. The fraction of sp³-hybridized carbons (Fsp3) is 0.0769. The van der Waals surface area contributed by atoms with Crippen molar-refractivity contribution in [3.8, 4) is 17.0 Å². The molecule has 0 aliphatic rings. The van der Waals surface area contributed by atoms with Gasteiger partial charge in [-0.2, -0.15) is 0 Å². The predicted molar refractivity (Wildman–Crippen MR) is 66.6 cm³/mol. The molecule has 2 rings (SSSR count). The van der Waals surface area contributed by atoms with Gasteiger partial charge in [-0.25, -0.2) is 4.98 Å². The lowest BCUT2D eigenvalue weighted by molar-refractivity contribution is 0.112. The van der Waals surface area contributed by atoms with Crippen LogP contribution in [0.2, 0.25) is 5.02 Å². The highest BCUT2D eigenvalue weighted by molar-refractivity contribution is 6.33. The zero-order chi connectivity index (χ0) is 12.3. The number of carbonyl (C=O) groups excluding carboxylic acids is 1. The monoisotopic (exact) mass is 247 g/mol. The number of aldehydes is 1. The van der Waals surface area contributed by atoms with Crippen molar-refractivity contribution in [2.45, 2.75) is 0 Å². The van der Waals surface area contributed by atoms with Gasteiger partial charge in [0.25, 0.3) is 0 Å². The molecule has 4 heteroatoms. The molecule has 17 heavy (non-hydrogen) atoms. The molecule has 0 N–H and O–H groups in total. The smallest absolute Gasteiger partial charge is 0.213 e. The van der Waals surface area contributed by atoms with Crippen LogP contribution in [0, 0.1) is 0 Å². The van der Waals surface area contributed by atoms with Gasteiger partial charge in [0.05, 0.1) is 12.1 Å². The van der Waals surface area contributed by atoms with Gasteiger partial charge in [-0.15, -0.1) is 0 Å². The normalized spacial score (nSPS) is 10.0. The van der Waals surface area contributed by atoms with Crippen molar-refractivity contribution >= 4 is 17.9 Å². The Kier molecular flexibility index (Phi) is 3.40. The Morgan fingerprint density at radius 2 is 2.00 bits per heavy atom. The summed E-state index contributed by atoms with van der Waals surface area (Å²) in [6, 6.07) is 8.94. The van der Waals surface area contributed by atoms with Crippen molar-refractivity contribution in [3.05, 3.63) is 47.1 Å². The predicted octanol–water partition coefficient (Wildman–Crippen LogP) is 3.22. The molecule has 0 spiro atoms. The Balaban J connectivity index is 2.48. The number of methoxy groups -OCH3 is 1. The molecule has 0 saturated heterocycles. The molecular formula is C13H10ClNO2. The van der Waals surface area contributed by atoms with Crippen LogP contribution in [0.25, 0.3) is 11.1 Å². The van der Waals surface area contributed by atoms with Crippen molar-refractivity contribution in [3.63, 3.8) is 0 Å². The zero-order valence-electron chi connectivity index (χ0n) is 9.18. The maximum atomic E-state index is 10.8. The van der Waals surface area contributed by atoms with E-state index in [9.17, 15) is 4.79 Å². The van der Waals surface area contributed by atoms with E-state index in [1.807, 2.05) is 12.1 Å². The van der Waals surface area contributed by atoms with E-state index < -0.39 is 0 Å². The van der Waals surface area contributed by atoms with E-state index in [4.69, 9.17) is 16.3 Å². The van der Waals surface area contributed by atoms with Crippen LogP contribution in [0.5, 0.6) is 5.88 Å². The summed E-state index contributed by atoms with van der Waals surface area (Å²) in [7, 11) is 1.56. The standard InChI is InChI=1S/C13H10ClNO2/c1-17-13-7-10(4-5-15-13)9-2-3-12(14)11(6-9)8-16/h2-8H,1H3. The van der Waals surface area contributed by atoms with Crippen LogP contribution in [0.4, 0.5) is 0 Å². The molecule has 1 heterocycles. The number of hydrogen-bond donors (Lipinski definition) is 0. The molecule has 0 radical (unpaired) electrons. The molecule has 1 aromatic heterocycles. The van der Waals surface area contributed by atoms with Gasteiger partial charge >= 0.3 is 0 Å². The molecule has 0 amide bonds.